The highest BCUT2D eigenvalue weighted by Gasteiger charge is 2.23. The van der Waals surface area contributed by atoms with Crippen LogP contribution in [0, 0.1) is 0 Å². The van der Waals surface area contributed by atoms with Gasteiger partial charge in [0.15, 0.2) is 0 Å². The summed E-state index contributed by atoms with van der Waals surface area (Å²) in [5.74, 6) is -1.65. The quantitative estimate of drug-likeness (QED) is 0.326. The average Bonchev–Trinajstić information content (AvgIpc) is 3.15. The highest BCUT2D eigenvalue weighted by atomic mass is 32.2. The number of benzene rings is 1. The van der Waals surface area contributed by atoms with Crippen molar-refractivity contribution >= 4 is 29.3 Å². The van der Waals surface area contributed by atoms with Crippen LogP contribution in [0.25, 0.3) is 5.70 Å². The molecule has 8 N–H and O–H groups in total. The van der Waals surface area contributed by atoms with Gasteiger partial charge >= 0.3 is 0 Å². The molecule has 0 saturated carbocycles. The first kappa shape index (κ1) is 18.8. The SMILES string of the molecule is NS/C(CNC(Cc1ccccc1)C(=O)C(N)=O)=C(\N)c1ccc[nH]1. The minimum absolute atomic E-state index is 0.239. The van der Waals surface area contributed by atoms with Crippen molar-refractivity contribution in [1.29, 1.82) is 0 Å². The molecule has 132 valence electrons. The monoisotopic (exact) mass is 359 g/mol. The Kier molecular flexibility index (Phi) is 6.81. The van der Waals surface area contributed by atoms with Gasteiger partial charge in [-0.3, -0.25) is 14.7 Å². The van der Waals surface area contributed by atoms with Crippen LogP contribution >= 0.6 is 11.9 Å². The fourth-order valence-corrected chi connectivity index (χ4v) is 2.75. The Labute approximate surface area is 150 Å². The molecule has 1 amide bonds. The number of nitrogens with one attached hydrogen (secondary N) is 2. The Bertz CT molecular complexity index is 744. The van der Waals surface area contributed by atoms with Crippen LogP contribution in [0.15, 0.2) is 53.6 Å². The van der Waals surface area contributed by atoms with Crippen LogP contribution in [-0.2, 0) is 16.0 Å². The Morgan fingerprint density at radius 1 is 1.12 bits per heavy atom. The number of hydrogen-bond donors (Lipinski definition) is 5. The third kappa shape index (κ3) is 5.21. The van der Waals surface area contributed by atoms with Crippen molar-refractivity contribution in [3.05, 3.63) is 64.8 Å². The zero-order chi connectivity index (χ0) is 18.2. The smallest absolute Gasteiger partial charge is 0.286 e. The van der Waals surface area contributed by atoms with E-state index in [0.717, 1.165) is 23.2 Å². The van der Waals surface area contributed by atoms with Crippen LogP contribution < -0.4 is 21.9 Å². The zero-order valence-corrected chi connectivity index (χ0v) is 14.4. The molecular formula is C17H21N5O2S. The largest absolute Gasteiger partial charge is 0.396 e. The molecule has 0 saturated heterocycles. The van der Waals surface area contributed by atoms with Gasteiger partial charge in [-0.1, -0.05) is 30.3 Å². The normalized spacial score (nSPS) is 13.2. The molecule has 0 spiro atoms. The van der Waals surface area contributed by atoms with Gasteiger partial charge in [-0.15, -0.1) is 0 Å². The molecule has 1 aromatic carbocycles. The Morgan fingerprint density at radius 3 is 2.40 bits per heavy atom. The second-order valence-corrected chi connectivity index (χ2v) is 6.12. The standard InChI is InChI=1S/C17H21N5O2S/c18-15(12-7-4-8-21-12)14(25-20)10-22-13(16(23)17(19)24)9-11-5-2-1-3-6-11/h1-8,13,21-22H,9-10,18,20H2,(H2,19,24)/b15-14-. The molecule has 1 aromatic heterocycles. The van der Waals surface area contributed by atoms with Crippen molar-refractivity contribution in [2.45, 2.75) is 12.5 Å². The van der Waals surface area contributed by atoms with E-state index < -0.39 is 17.7 Å². The molecule has 0 radical (unpaired) electrons. The lowest BCUT2D eigenvalue weighted by molar-refractivity contribution is -0.137. The fraction of sp³-hybridized carbons (Fsp3) is 0.176. The molecule has 7 nitrogen and oxygen atoms in total. The highest BCUT2D eigenvalue weighted by molar-refractivity contribution is 8.01. The maximum absolute atomic E-state index is 12.1. The second-order valence-electron chi connectivity index (χ2n) is 5.39. The predicted octanol–water partition coefficient (Wildman–Crippen LogP) is 0.504. The van der Waals surface area contributed by atoms with Gasteiger partial charge in [0.05, 0.1) is 17.4 Å². The summed E-state index contributed by atoms with van der Waals surface area (Å²) in [5, 5.41) is 8.74. The van der Waals surface area contributed by atoms with Crippen molar-refractivity contribution in [2.24, 2.45) is 16.6 Å². The first-order chi connectivity index (χ1) is 12.0. The molecule has 2 aromatic rings. The molecule has 8 heteroatoms. The number of nitrogens with two attached hydrogens (primary N) is 3. The lowest BCUT2D eigenvalue weighted by atomic mass is 10.0. The van der Waals surface area contributed by atoms with Gasteiger partial charge in [0.1, 0.15) is 0 Å². The van der Waals surface area contributed by atoms with Crippen LogP contribution in [0.4, 0.5) is 0 Å². The first-order valence-electron chi connectivity index (χ1n) is 7.63. The lowest BCUT2D eigenvalue weighted by Gasteiger charge is -2.18. The van der Waals surface area contributed by atoms with Gasteiger partial charge in [-0.2, -0.15) is 0 Å². The van der Waals surface area contributed by atoms with Crippen molar-refractivity contribution in [3.63, 3.8) is 0 Å². The van der Waals surface area contributed by atoms with Crippen LogP contribution in [-0.4, -0.2) is 29.3 Å². The minimum atomic E-state index is -0.975. The van der Waals surface area contributed by atoms with Gasteiger partial charge in [0.25, 0.3) is 5.91 Å². The van der Waals surface area contributed by atoms with Crippen molar-refractivity contribution in [2.75, 3.05) is 6.54 Å². The first-order valence-corrected chi connectivity index (χ1v) is 8.51. The van der Waals surface area contributed by atoms with Crippen LogP contribution in [0.2, 0.25) is 0 Å². The second kappa shape index (κ2) is 9.07. The summed E-state index contributed by atoms with van der Waals surface area (Å²) in [6.45, 7) is 0.239. The summed E-state index contributed by atoms with van der Waals surface area (Å²) in [4.78, 5) is 27.1. The number of Topliss-reactive ketones (excluding diaryl/α,β-unsaturated/α-hetero) is 1. The summed E-state index contributed by atoms with van der Waals surface area (Å²) in [6.07, 6.45) is 2.09. The summed E-state index contributed by atoms with van der Waals surface area (Å²) >= 11 is 0.989. The van der Waals surface area contributed by atoms with Gasteiger partial charge in [0.2, 0.25) is 5.78 Å². The number of carbonyl (C=O) groups is 2. The summed E-state index contributed by atoms with van der Waals surface area (Å²) < 4.78 is 0. The number of aromatic nitrogens is 1. The summed E-state index contributed by atoms with van der Waals surface area (Å²) in [5.41, 5.74) is 13.4. The summed E-state index contributed by atoms with van der Waals surface area (Å²) in [6, 6.07) is 12.3. The van der Waals surface area contributed by atoms with Crippen molar-refractivity contribution in [1.82, 2.24) is 10.3 Å². The van der Waals surface area contributed by atoms with E-state index >= 15 is 0 Å². The minimum Gasteiger partial charge on any atom is -0.396 e. The molecular weight excluding hydrogens is 338 g/mol. The molecule has 0 fully saturated rings. The molecule has 1 atom stereocenters. The van der Waals surface area contributed by atoms with E-state index in [-0.39, 0.29) is 6.54 Å². The number of ketones is 1. The molecule has 1 unspecified atom stereocenters. The molecule has 0 bridgehead atoms. The highest BCUT2D eigenvalue weighted by Crippen LogP contribution is 2.18. The Hall–Kier alpha value is -2.55. The number of carbonyl (C=O) groups excluding carboxylic acids is 2. The fourth-order valence-electron chi connectivity index (χ4n) is 2.34. The third-order valence-corrected chi connectivity index (χ3v) is 4.33. The number of hydrogen-bond acceptors (Lipinski definition) is 6. The van der Waals surface area contributed by atoms with Crippen LogP contribution in [0.5, 0.6) is 0 Å². The van der Waals surface area contributed by atoms with Crippen LogP contribution in [0.1, 0.15) is 11.3 Å². The molecule has 0 aliphatic heterocycles. The van der Waals surface area contributed by atoms with Gasteiger partial charge in [-0.25, -0.2) is 0 Å². The molecule has 2 rings (SSSR count). The number of primary amides is 1. The number of amides is 1. The van der Waals surface area contributed by atoms with E-state index in [1.54, 1.807) is 6.20 Å². The zero-order valence-electron chi connectivity index (χ0n) is 13.6. The van der Waals surface area contributed by atoms with E-state index in [4.69, 9.17) is 16.6 Å². The topological polar surface area (TPSA) is 140 Å². The number of aromatic amines is 1. The lowest BCUT2D eigenvalue weighted by Crippen LogP contribution is -2.45. The van der Waals surface area contributed by atoms with Crippen LogP contribution in [0.3, 0.4) is 0 Å². The molecule has 1 heterocycles. The molecule has 0 aliphatic rings. The van der Waals surface area contributed by atoms with Gasteiger partial charge in [-0.05, 0) is 36.1 Å². The number of rotatable bonds is 9. The summed E-state index contributed by atoms with van der Waals surface area (Å²) in [7, 11) is 0. The van der Waals surface area contributed by atoms with E-state index in [1.807, 2.05) is 42.5 Å². The third-order valence-electron chi connectivity index (χ3n) is 3.68. The van der Waals surface area contributed by atoms with Crippen molar-refractivity contribution < 1.29 is 9.59 Å². The van der Waals surface area contributed by atoms with Crippen molar-refractivity contribution in [3.8, 4) is 0 Å². The van der Waals surface area contributed by atoms with E-state index in [9.17, 15) is 9.59 Å². The van der Waals surface area contributed by atoms with Gasteiger partial charge in [0, 0.05) is 17.6 Å². The van der Waals surface area contributed by atoms with E-state index in [0.29, 0.717) is 17.0 Å². The maximum Gasteiger partial charge on any atom is 0.286 e. The predicted molar refractivity (Wildman–Crippen MR) is 99.8 cm³/mol. The maximum atomic E-state index is 12.1. The average molecular weight is 359 g/mol. The van der Waals surface area contributed by atoms with Gasteiger partial charge < -0.3 is 21.8 Å². The molecule has 0 aliphatic carbocycles. The van der Waals surface area contributed by atoms with E-state index in [1.165, 1.54) is 0 Å². The van der Waals surface area contributed by atoms with E-state index in [2.05, 4.69) is 10.3 Å². The molecule has 25 heavy (non-hydrogen) atoms. The number of H-pyrrole nitrogens is 1. The Balaban J connectivity index is 2.14. The Morgan fingerprint density at radius 2 is 1.84 bits per heavy atom.